The minimum atomic E-state index is -0.440. The van der Waals surface area contributed by atoms with E-state index in [4.69, 9.17) is 17.3 Å². The number of benzene rings is 1. The van der Waals surface area contributed by atoms with Crippen molar-refractivity contribution >= 4 is 57.7 Å². The average molecular weight is 425 g/mol. The van der Waals surface area contributed by atoms with Crippen molar-refractivity contribution in [2.75, 3.05) is 12.4 Å². The predicted octanol–water partition coefficient (Wildman–Crippen LogP) is 4.21. The van der Waals surface area contributed by atoms with Crippen molar-refractivity contribution < 1.29 is 14.8 Å². The van der Waals surface area contributed by atoms with Crippen LogP contribution in [0.5, 0.6) is 0 Å². The van der Waals surface area contributed by atoms with E-state index < -0.39 is 4.92 Å². The molecule has 6 nitrogen and oxygen atoms in total. The van der Waals surface area contributed by atoms with E-state index in [9.17, 15) is 14.9 Å². The summed E-state index contributed by atoms with van der Waals surface area (Å²) in [5, 5.41) is 20.3. The van der Waals surface area contributed by atoms with E-state index in [-0.39, 0.29) is 24.2 Å². The third kappa shape index (κ3) is 4.71. The summed E-state index contributed by atoms with van der Waals surface area (Å²) in [6.07, 6.45) is 7.05. The fraction of sp³-hybridized carbons (Fsp3) is 0.444. The maximum Gasteiger partial charge on any atom is 0.283 e. The highest BCUT2D eigenvalue weighted by Crippen LogP contribution is 2.38. The van der Waals surface area contributed by atoms with E-state index >= 15 is 0 Å². The van der Waals surface area contributed by atoms with Gasteiger partial charge in [0.15, 0.2) is 0 Å². The first-order valence-electron chi connectivity index (χ1n) is 8.80. The predicted molar refractivity (Wildman–Crippen MR) is 113 cm³/mol. The Labute approximate surface area is 171 Å². The Balaban J connectivity index is 1.83. The van der Waals surface area contributed by atoms with Crippen molar-refractivity contribution in [1.29, 1.82) is 0 Å². The van der Waals surface area contributed by atoms with Crippen molar-refractivity contribution in [3.05, 3.63) is 38.8 Å². The second-order valence-corrected chi connectivity index (χ2v) is 9.21. The molecule has 1 saturated heterocycles. The lowest BCUT2D eigenvalue weighted by Crippen LogP contribution is -2.39. The lowest BCUT2D eigenvalue weighted by Gasteiger charge is -2.29. The number of thiocarbonyl (C=S) groups is 1. The van der Waals surface area contributed by atoms with Gasteiger partial charge in [-0.15, -0.1) is 11.8 Å². The normalized spacial score (nSPS) is 19.9. The molecule has 3 rings (SSSR count). The largest absolute Gasteiger partial charge is 0.396 e. The van der Waals surface area contributed by atoms with Gasteiger partial charge in [0.25, 0.3) is 11.6 Å². The van der Waals surface area contributed by atoms with E-state index in [0.717, 1.165) is 25.7 Å². The van der Waals surface area contributed by atoms with Crippen molar-refractivity contribution in [1.82, 2.24) is 4.90 Å². The summed E-state index contributed by atoms with van der Waals surface area (Å²) in [6, 6.07) is 5.04. The topological polar surface area (TPSA) is 83.7 Å². The van der Waals surface area contributed by atoms with E-state index in [1.54, 1.807) is 23.1 Å². The molecule has 0 atom stereocenters. The van der Waals surface area contributed by atoms with Gasteiger partial charge < -0.3 is 5.11 Å². The molecule has 1 aliphatic carbocycles. The molecule has 0 aromatic heterocycles. The molecule has 9 heteroatoms. The smallest absolute Gasteiger partial charge is 0.283 e. The molecule has 1 amide bonds. The van der Waals surface area contributed by atoms with Crippen molar-refractivity contribution in [2.24, 2.45) is 0 Å². The van der Waals surface area contributed by atoms with Crippen LogP contribution in [-0.2, 0) is 4.79 Å². The number of carbonyl (C=O) groups is 1. The van der Waals surface area contributed by atoms with Gasteiger partial charge in [-0.1, -0.05) is 49.3 Å². The highest BCUT2D eigenvalue weighted by atomic mass is 32.2. The van der Waals surface area contributed by atoms with E-state index in [2.05, 4.69) is 0 Å². The number of thioether (sulfide) groups is 2. The fourth-order valence-corrected chi connectivity index (χ4v) is 5.49. The van der Waals surface area contributed by atoms with Gasteiger partial charge >= 0.3 is 0 Å². The summed E-state index contributed by atoms with van der Waals surface area (Å²) in [7, 11) is 0. The standard InChI is InChI=1S/C18H20N2O4S3/c21-8-9-26-15-7-6-12(10-14(15)20(23)24)11-16-17(22)19(18(25)27-16)13-4-2-1-3-5-13/h6-7,10-11,13,21H,1-5,8-9H2. The van der Waals surface area contributed by atoms with Crippen molar-refractivity contribution in [3.63, 3.8) is 0 Å². The molecule has 2 fully saturated rings. The molecule has 1 aromatic carbocycles. The Morgan fingerprint density at radius 3 is 2.78 bits per heavy atom. The minimum Gasteiger partial charge on any atom is -0.396 e. The number of hydrogen-bond acceptors (Lipinski definition) is 7. The molecule has 1 N–H and O–H groups in total. The molecule has 27 heavy (non-hydrogen) atoms. The van der Waals surface area contributed by atoms with Crippen LogP contribution in [0.4, 0.5) is 5.69 Å². The third-order valence-corrected chi connectivity index (χ3v) is 6.96. The monoisotopic (exact) mass is 424 g/mol. The van der Waals surface area contributed by atoms with Crippen LogP contribution in [0.2, 0.25) is 0 Å². The number of amides is 1. The number of aliphatic hydroxyl groups is 1. The van der Waals surface area contributed by atoms with Crippen LogP contribution in [0, 0.1) is 10.1 Å². The maximum atomic E-state index is 12.8. The first-order chi connectivity index (χ1) is 13.0. The SMILES string of the molecule is O=C1C(=Cc2ccc(SCCO)c([N+](=O)[O-])c2)SC(=S)N1C1CCCCC1. The van der Waals surface area contributed by atoms with Gasteiger partial charge in [-0.25, -0.2) is 0 Å². The number of aliphatic hydroxyl groups excluding tert-OH is 1. The Bertz CT molecular complexity index is 791. The van der Waals surface area contributed by atoms with Crippen LogP contribution in [0.15, 0.2) is 28.0 Å². The van der Waals surface area contributed by atoms with Gasteiger partial charge in [-0.3, -0.25) is 19.8 Å². The summed E-state index contributed by atoms with van der Waals surface area (Å²) < 4.78 is 0.572. The second kappa shape index (κ2) is 9.18. The lowest BCUT2D eigenvalue weighted by molar-refractivity contribution is -0.387. The molecule has 144 valence electrons. The number of hydrogen-bond donors (Lipinski definition) is 1. The molecule has 1 aliphatic heterocycles. The summed E-state index contributed by atoms with van der Waals surface area (Å²) in [4.78, 5) is 26.5. The minimum absolute atomic E-state index is 0.0232. The van der Waals surface area contributed by atoms with E-state index in [1.807, 2.05) is 0 Å². The molecule has 1 aromatic rings. The highest BCUT2D eigenvalue weighted by molar-refractivity contribution is 8.26. The second-order valence-electron chi connectivity index (χ2n) is 6.40. The Hall–Kier alpha value is -1.42. The molecule has 0 bridgehead atoms. The average Bonchev–Trinajstić information content (AvgIpc) is 2.94. The van der Waals surface area contributed by atoms with Crippen LogP contribution >= 0.6 is 35.7 Å². The Morgan fingerprint density at radius 1 is 1.37 bits per heavy atom. The van der Waals surface area contributed by atoms with Crippen LogP contribution in [0.25, 0.3) is 6.08 Å². The quantitative estimate of drug-likeness (QED) is 0.241. The van der Waals surface area contributed by atoms with Crippen molar-refractivity contribution in [2.45, 2.75) is 43.0 Å². The van der Waals surface area contributed by atoms with E-state index in [0.29, 0.717) is 25.4 Å². The summed E-state index contributed by atoms with van der Waals surface area (Å²) in [5.41, 5.74) is 0.573. The molecule has 1 heterocycles. The third-order valence-electron chi connectivity index (χ3n) is 4.59. The van der Waals surface area contributed by atoms with Gasteiger partial charge in [0.05, 0.1) is 21.3 Å². The summed E-state index contributed by atoms with van der Waals surface area (Å²) in [6.45, 7) is -0.0484. The first kappa shape index (κ1) is 20.3. The number of carbonyl (C=O) groups excluding carboxylic acids is 1. The Morgan fingerprint density at radius 2 is 2.11 bits per heavy atom. The Kier molecular flexibility index (Phi) is 6.91. The molecular formula is C18H20N2O4S3. The number of nitro groups is 1. The van der Waals surface area contributed by atoms with Crippen molar-refractivity contribution in [3.8, 4) is 0 Å². The van der Waals surface area contributed by atoms with Gasteiger partial charge in [-0.05, 0) is 30.5 Å². The van der Waals surface area contributed by atoms with Crippen LogP contribution in [-0.4, -0.2) is 43.6 Å². The number of nitro benzene ring substituents is 1. The van der Waals surface area contributed by atoms with Gasteiger partial charge in [0.1, 0.15) is 4.32 Å². The molecule has 0 unspecified atom stereocenters. The zero-order chi connectivity index (χ0) is 19.4. The molecule has 2 aliphatic rings. The van der Waals surface area contributed by atoms with Crippen LogP contribution < -0.4 is 0 Å². The fourth-order valence-electron chi connectivity index (χ4n) is 3.33. The van der Waals surface area contributed by atoms with Crippen LogP contribution in [0.1, 0.15) is 37.7 Å². The lowest BCUT2D eigenvalue weighted by atomic mass is 9.94. The van der Waals surface area contributed by atoms with Gasteiger partial charge in [0.2, 0.25) is 0 Å². The van der Waals surface area contributed by atoms with Crippen LogP contribution in [0.3, 0.4) is 0 Å². The van der Waals surface area contributed by atoms with E-state index in [1.165, 1.54) is 36.0 Å². The highest BCUT2D eigenvalue weighted by Gasteiger charge is 2.37. The molecular weight excluding hydrogens is 404 g/mol. The summed E-state index contributed by atoms with van der Waals surface area (Å²) in [5.74, 6) is 0.290. The number of rotatable bonds is 6. The number of nitrogens with zero attached hydrogens (tertiary/aromatic N) is 2. The molecule has 0 spiro atoms. The summed E-state index contributed by atoms with van der Waals surface area (Å²) >= 11 is 7.92. The van der Waals surface area contributed by atoms with Gasteiger partial charge in [-0.2, -0.15) is 0 Å². The zero-order valence-electron chi connectivity index (χ0n) is 14.6. The zero-order valence-corrected chi connectivity index (χ0v) is 17.1. The molecule has 1 saturated carbocycles. The first-order valence-corrected chi connectivity index (χ1v) is 11.0. The van der Waals surface area contributed by atoms with Gasteiger partial charge in [0, 0.05) is 17.9 Å². The molecule has 0 radical (unpaired) electrons. The maximum absolute atomic E-state index is 12.8.